The van der Waals surface area contributed by atoms with E-state index in [1.54, 1.807) is 0 Å². The van der Waals surface area contributed by atoms with Crippen molar-refractivity contribution in [3.8, 4) is 11.5 Å². The van der Waals surface area contributed by atoms with Gasteiger partial charge in [-0.25, -0.2) is 0 Å². The second kappa shape index (κ2) is 16.3. The minimum Gasteiger partial charge on any atom is -0.505 e. The normalized spacial score (nSPS) is 13.1. The van der Waals surface area contributed by atoms with E-state index in [0.717, 1.165) is 31.4 Å². The van der Waals surface area contributed by atoms with Crippen LogP contribution >= 0.6 is 0 Å². The number of anilines is 1. The minimum absolute atomic E-state index is 0.157. The third-order valence-electron chi connectivity index (χ3n) is 6.56. The molecule has 54 heavy (non-hydrogen) atoms. The van der Waals surface area contributed by atoms with Crippen molar-refractivity contribution in [1.29, 1.82) is 0 Å². The standard InChI is InChI=1S/C24H19N7O17S4.C2H6/c1-48-31(30-35)12-3-5-15(19(7-12)51(42,43)44)26-28-16-9-17(49(36,37)38)13-8-20(52(45,46)47)22(24(34)21(13)23(16)33)29-27-14-4-2-11(25-10-32)6-18(14)50(39,40)41;1-2/h2-10,33-34H,1H3,(H,25,32)(H,36,37,38)(H,39,40,41)(H,42,43,44)(H,45,46,47);1-2H3/p+1. The lowest BCUT2D eigenvalue weighted by molar-refractivity contribution is -1.04. The molecule has 0 bridgehead atoms. The van der Waals surface area contributed by atoms with Crippen LogP contribution in [0.3, 0.4) is 0 Å². The molecule has 0 aliphatic heterocycles. The molecule has 0 aromatic heterocycles. The molecule has 1 amide bonds. The van der Waals surface area contributed by atoms with Gasteiger partial charge in [0.2, 0.25) is 6.41 Å². The summed E-state index contributed by atoms with van der Waals surface area (Å²) in [5.41, 5.74) is -4.14. The highest BCUT2D eigenvalue weighted by Crippen LogP contribution is 2.50. The number of phenolic OH excluding ortho intramolecular Hbond substituents is 2. The Kier molecular flexibility index (Phi) is 13.0. The van der Waals surface area contributed by atoms with Crippen LogP contribution in [0, 0.1) is 4.91 Å². The molecule has 4 aromatic carbocycles. The summed E-state index contributed by atoms with van der Waals surface area (Å²) in [7, 11) is -20.2. The van der Waals surface area contributed by atoms with Crippen molar-refractivity contribution < 1.29 is 76.9 Å². The van der Waals surface area contributed by atoms with Gasteiger partial charge in [0, 0.05) is 23.2 Å². The van der Waals surface area contributed by atoms with Crippen LogP contribution in [0.5, 0.6) is 11.5 Å². The van der Waals surface area contributed by atoms with Gasteiger partial charge in [0.25, 0.3) is 40.5 Å². The Morgan fingerprint density at radius 3 is 1.65 bits per heavy atom. The van der Waals surface area contributed by atoms with Gasteiger partial charge in [0.15, 0.2) is 22.5 Å². The molecule has 0 saturated carbocycles. The number of amides is 1. The number of quaternary nitrogens is 1. The van der Waals surface area contributed by atoms with Crippen molar-refractivity contribution in [3.63, 3.8) is 0 Å². The number of azo groups is 2. The summed E-state index contributed by atoms with van der Waals surface area (Å²) in [6, 6.07) is 5.89. The Balaban J connectivity index is 0.00000385. The summed E-state index contributed by atoms with van der Waals surface area (Å²) < 4.78 is 137. The predicted molar refractivity (Wildman–Crippen MR) is 182 cm³/mol. The first-order chi connectivity index (χ1) is 25.0. The van der Waals surface area contributed by atoms with E-state index in [-0.39, 0.29) is 17.8 Å². The van der Waals surface area contributed by atoms with E-state index in [0.29, 0.717) is 24.3 Å². The van der Waals surface area contributed by atoms with E-state index >= 15 is 0 Å². The molecule has 1 atom stereocenters. The zero-order chi connectivity index (χ0) is 41.0. The van der Waals surface area contributed by atoms with Gasteiger partial charge in [0.1, 0.15) is 42.3 Å². The molecule has 0 spiro atoms. The number of fused-ring (bicyclic) bond motifs is 1. The fourth-order valence-electron chi connectivity index (χ4n) is 4.37. The van der Waals surface area contributed by atoms with E-state index in [1.807, 2.05) is 13.8 Å². The molecule has 4 rings (SSSR count). The number of nitrogens with one attached hydrogen (secondary N) is 2. The number of benzene rings is 4. The number of rotatable bonds is 13. The molecule has 8 N–H and O–H groups in total. The van der Waals surface area contributed by atoms with Crippen molar-refractivity contribution in [1.82, 2.24) is 0 Å². The van der Waals surface area contributed by atoms with Crippen LogP contribution in [0.25, 0.3) is 10.8 Å². The topological polar surface area (TPSA) is 380 Å². The highest BCUT2D eigenvalue weighted by atomic mass is 32.2. The predicted octanol–water partition coefficient (Wildman–Crippen LogP) is 3.42. The maximum Gasteiger partial charge on any atom is 0.296 e. The first-order valence-electron chi connectivity index (χ1n) is 14.0. The Morgan fingerprint density at radius 2 is 1.15 bits per heavy atom. The molecule has 0 heterocycles. The van der Waals surface area contributed by atoms with Gasteiger partial charge in [-0.1, -0.05) is 18.8 Å². The highest BCUT2D eigenvalue weighted by Gasteiger charge is 2.30. The second-order valence-corrected chi connectivity index (χ2v) is 15.3. The molecule has 290 valence electrons. The van der Waals surface area contributed by atoms with Crippen molar-refractivity contribution >= 4 is 91.8 Å². The third-order valence-corrected chi connectivity index (χ3v) is 10.1. The van der Waals surface area contributed by atoms with Gasteiger partial charge in [-0.2, -0.15) is 38.5 Å². The highest BCUT2D eigenvalue weighted by molar-refractivity contribution is 7.87. The SMILES string of the molecule is CC.CO[NH+](N=O)c1ccc(N=Nc2cc(S(=O)(=O)O)c3cc(S(=O)(=O)O)c(N=Nc4ccc(NC=O)cc4S(=O)(=O)O)c(O)c3c2O)c(S(=O)(=O)O)c1. The van der Waals surface area contributed by atoms with Gasteiger partial charge >= 0.3 is 0 Å². The number of phenols is 2. The van der Waals surface area contributed by atoms with Crippen LogP contribution in [-0.2, 0) is 50.1 Å². The summed E-state index contributed by atoms with van der Waals surface area (Å²) in [5, 5.41) is 38.2. The largest absolute Gasteiger partial charge is 0.505 e. The van der Waals surface area contributed by atoms with Crippen LogP contribution in [0.15, 0.2) is 93.9 Å². The summed E-state index contributed by atoms with van der Waals surface area (Å²) in [6.45, 7) is 4.00. The van der Waals surface area contributed by atoms with E-state index in [4.69, 9.17) is 4.84 Å². The van der Waals surface area contributed by atoms with Crippen LogP contribution < -0.4 is 10.5 Å². The van der Waals surface area contributed by atoms with E-state index in [9.17, 15) is 71.8 Å². The Labute approximate surface area is 304 Å². The van der Waals surface area contributed by atoms with Crippen LogP contribution in [0.1, 0.15) is 13.8 Å². The molecule has 0 aliphatic rings. The first-order valence-corrected chi connectivity index (χ1v) is 19.8. The fourth-order valence-corrected chi connectivity index (χ4v) is 7.01. The van der Waals surface area contributed by atoms with E-state index in [1.165, 1.54) is 0 Å². The van der Waals surface area contributed by atoms with Crippen molar-refractivity contribution in [2.24, 2.45) is 25.7 Å². The molecule has 24 nitrogen and oxygen atoms in total. The lowest BCUT2D eigenvalue weighted by Crippen LogP contribution is -3.00. The third kappa shape index (κ3) is 9.37. The second-order valence-electron chi connectivity index (χ2n) is 9.76. The average Bonchev–Trinajstić information content (AvgIpc) is 3.07. The molecule has 0 aliphatic carbocycles. The van der Waals surface area contributed by atoms with Gasteiger partial charge in [-0.3, -0.25) is 23.0 Å². The zero-order valence-corrected chi connectivity index (χ0v) is 30.5. The molecular weight excluding hydrogens is 811 g/mol. The van der Waals surface area contributed by atoms with Crippen LogP contribution in [-0.4, -0.2) is 75.6 Å². The molecule has 0 fully saturated rings. The van der Waals surface area contributed by atoms with Crippen molar-refractivity contribution in [2.45, 2.75) is 33.4 Å². The number of hydrogen-bond acceptors (Lipinski definition) is 18. The Hall–Kier alpha value is -5.43. The van der Waals surface area contributed by atoms with E-state index < -0.39 is 110 Å². The lowest BCUT2D eigenvalue weighted by Gasteiger charge is -2.14. The van der Waals surface area contributed by atoms with Crippen LogP contribution in [0.2, 0.25) is 0 Å². The average molecular weight is 837 g/mol. The summed E-state index contributed by atoms with van der Waals surface area (Å²) in [4.78, 5) is 21.7. The number of carbonyl (C=O) groups excluding carboxylic acids is 1. The van der Waals surface area contributed by atoms with Gasteiger partial charge < -0.3 is 15.5 Å². The van der Waals surface area contributed by atoms with Crippen molar-refractivity contribution in [3.05, 3.63) is 53.4 Å². The number of aromatic hydroxyl groups is 2. The molecule has 0 saturated heterocycles. The number of nitrogens with zero attached hydrogens (tertiary/aromatic N) is 5. The monoisotopic (exact) mass is 836 g/mol. The smallest absolute Gasteiger partial charge is 0.296 e. The summed E-state index contributed by atoms with van der Waals surface area (Å²) >= 11 is 0. The number of carbonyl (C=O) groups is 1. The van der Waals surface area contributed by atoms with Crippen molar-refractivity contribution in [2.75, 3.05) is 12.4 Å². The summed E-state index contributed by atoms with van der Waals surface area (Å²) in [6.07, 6.45) is 0.157. The first kappa shape index (κ1) is 43.0. The fraction of sp³-hybridized carbons (Fsp3) is 0.115. The van der Waals surface area contributed by atoms with Gasteiger partial charge in [0.05, 0.1) is 12.5 Å². The molecule has 1 unspecified atom stereocenters. The summed E-state index contributed by atoms with van der Waals surface area (Å²) in [5.74, 6) is -2.75. The Bertz CT molecular complexity index is 2670. The van der Waals surface area contributed by atoms with Gasteiger partial charge in [-0.05, 0) is 41.6 Å². The molecule has 4 aromatic rings. The Morgan fingerprint density at radius 1 is 0.648 bits per heavy atom. The van der Waals surface area contributed by atoms with Crippen LogP contribution in [0.4, 0.5) is 34.1 Å². The lowest BCUT2D eigenvalue weighted by atomic mass is 10.1. The van der Waals surface area contributed by atoms with Gasteiger partial charge in [-0.15, -0.1) is 20.5 Å². The number of nitroso groups, excluding NO2 is 1. The maximum absolute atomic E-state index is 12.4. The zero-order valence-electron chi connectivity index (χ0n) is 27.2. The molecule has 28 heteroatoms. The van der Waals surface area contributed by atoms with E-state index in [2.05, 4.69) is 31.1 Å². The maximum atomic E-state index is 12.4. The number of hydrogen-bond donors (Lipinski definition) is 8. The molecular formula is C26H26N7O17S4+. The molecule has 0 radical (unpaired) electrons. The minimum atomic E-state index is -5.52. The quantitative estimate of drug-likeness (QED) is 0.0314.